The van der Waals surface area contributed by atoms with Crippen molar-refractivity contribution in [3.63, 3.8) is 0 Å². The maximum Gasteiger partial charge on any atom is 1.00 e. The van der Waals surface area contributed by atoms with E-state index in [0.29, 0.717) is 34.5 Å². The first kappa shape index (κ1) is 71.3. The molecule has 0 atom stereocenters. The van der Waals surface area contributed by atoms with Crippen LogP contribution in [-0.4, -0.2) is 108 Å². The molecule has 0 aromatic heterocycles. The summed E-state index contributed by atoms with van der Waals surface area (Å²) in [4.78, 5) is 82.6. The van der Waals surface area contributed by atoms with Crippen LogP contribution in [0.15, 0.2) is 204 Å². The van der Waals surface area contributed by atoms with Crippen molar-refractivity contribution in [2.24, 2.45) is 0 Å². The van der Waals surface area contributed by atoms with E-state index in [2.05, 4.69) is 0 Å². The molecule has 0 aliphatic rings. The van der Waals surface area contributed by atoms with Gasteiger partial charge in [-0.15, -0.1) is 0 Å². The Bertz CT molecular complexity index is 3270. The number of carboxylic acids is 1. The minimum atomic E-state index is -1.37. The summed E-state index contributed by atoms with van der Waals surface area (Å²) in [6.45, 7) is 7.56. The Morgan fingerprint density at radius 3 is 0.551 bits per heavy atom. The first-order valence-corrected chi connectivity index (χ1v) is 32.3. The van der Waals surface area contributed by atoms with Gasteiger partial charge in [-0.2, -0.15) is 0 Å². The number of benzene rings is 7. The van der Waals surface area contributed by atoms with Crippen LogP contribution in [0, 0.1) is 0 Å². The van der Waals surface area contributed by atoms with Crippen molar-refractivity contribution >= 4 is 106 Å². The molecule has 89 heavy (non-hydrogen) atoms. The van der Waals surface area contributed by atoms with E-state index in [-0.39, 0.29) is 95.6 Å². The molecule has 0 N–H and O–H groups in total. The van der Waals surface area contributed by atoms with Crippen LogP contribution in [-0.2, 0) is 52.5 Å². The topological polar surface area (TPSA) is 227 Å². The van der Waals surface area contributed by atoms with Crippen molar-refractivity contribution in [2.45, 2.75) is 93.4 Å². The maximum absolute atomic E-state index is 12.3. The molecule has 0 saturated heterocycles. The Kier molecular flexibility index (Phi) is 30.5. The van der Waals surface area contributed by atoms with Gasteiger partial charge in [-0.1, -0.05) is 70.6 Å². The number of hydrogen-bond donors (Lipinski definition) is 0. The van der Waals surface area contributed by atoms with E-state index >= 15 is 0 Å². The largest absolute Gasteiger partial charge is 1.00 e. The van der Waals surface area contributed by atoms with E-state index in [1.807, 2.05) is 72.8 Å². The van der Waals surface area contributed by atoms with Crippen molar-refractivity contribution in [3.05, 3.63) is 146 Å². The Balaban J connectivity index is 0.0000126. The second kappa shape index (κ2) is 38.1. The average molecular weight is 1330 g/mol. The molecule has 0 unspecified atom stereocenters. The average Bonchev–Trinajstić information content (AvgIpc) is 1.01. The molecule has 0 amide bonds. The molecular weight excluding hydrogens is 1270 g/mol. The summed E-state index contributed by atoms with van der Waals surface area (Å²) in [7, 11) is 0. The molecule has 0 radical (unpaired) electrons. The van der Waals surface area contributed by atoms with Crippen molar-refractivity contribution in [3.8, 4) is 34.5 Å². The standard InChI is InChI=1S/C64H62O18S6.Na/c1-6-72-54(67)36-78-42-13-25-48(26-14-42)84-60-59(83-47-23-11-41(12-24-47)77-35-53(65)66)61(85-49-27-15-43(16-28-49)79-37-55(68)73-7-2)63(87-51-31-19-45(20-32-51)81-39-57(70)75-9-4)64(88-52-33-21-46(22-34-52)82-40-58(71)76-10-5)62(60)86-50-29-17-44(18-30-50)80-38-56(69)74-8-3;/h11-34H,6-10,35-40H2,1-5H3,(H,65,66);/q;+1/p-1. The summed E-state index contributed by atoms with van der Waals surface area (Å²) >= 11 is 8.90. The number of hydrogen-bond acceptors (Lipinski definition) is 24. The fraction of sp³-hybridized carbons (Fsp3) is 0.250. The van der Waals surface area contributed by atoms with Gasteiger partial charge in [0.2, 0.25) is 0 Å². The van der Waals surface area contributed by atoms with E-state index in [9.17, 15) is 33.9 Å². The molecule has 462 valence electrons. The van der Waals surface area contributed by atoms with E-state index in [4.69, 9.17) is 52.1 Å². The third-order valence-electron chi connectivity index (χ3n) is 11.2. The molecule has 18 nitrogen and oxygen atoms in total. The number of esters is 5. The molecule has 0 fully saturated rings. The predicted octanol–water partition coefficient (Wildman–Crippen LogP) is 9.44. The second-order valence-corrected chi connectivity index (χ2v) is 24.0. The van der Waals surface area contributed by atoms with Crippen LogP contribution in [0.25, 0.3) is 0 Å². The monoisotopic (exact) mass is 1330 g/mol. The van der Waals surface area contributed by atoms with Crippen molar-refractivity contribution in [1.82, 2.24) is 0 Å². The third kappa shape index (κ3) is 23.9. The van der Waals surface area contributed by atoms with Crippen LogP contribution in [0.2, 0.25) is 0 Å². The Morgan fingerprint density at radius 2 is 0.416 bits per heavy atom. The molecule has 25 heteroatoms. The van der Waals surface area contributed by atoms with Crippen LogP contribution in [0.1, 0.15) is 34.6 Å². The molecule has 7 rings (SSSR count). The molecule has 0 aliphatic heterocycles. The summed E-state index contributed by atoms with van der Waals surface area (Å²) in [5, 5.41) is 11.4. The van der Waals surface area contributed by atoms with Gasteiger partial charge >= 0.3 is 59.4 Å². The SMILES string of the molecule is CCOC(=O)COc1ccc(Sc2c(Sc3ccc(OCC(=O)[O-])cc3)c(Sc3ccc(OCC(=O)OCC)cc3)c(Sc3ccc(OCC(=O)OCC)cc3)c(Sc3ccc(OCC(=O)OCC)cc3)c2Sc2ccc(OCC(=O)OCC)cc2)cc1.[Na+]. The van der Waals surface area contributed by atoms with E-state index < -0.39 is 42.4 Å². The van der Waals surface area contributed by atoms with Gasteiger partial charge in [-0.3, -0.25) is 0 Å². The fourth-order valence-electron chi connectivity index (χ4n) is 7.37. The summed E-state index contributed by atoms with van der Waals surface area (Å²) in [5.41, 5.74) is 0. The van der Waals surface area contributed by atoms with Crippen LogP contribution in [0.5, 0.6) is 34.5 Å². The minimum Gasteiger partial charge on any atom is -0.546 e. The summed E-state index contributed by atoms with van der Waals surface area (Å²) in [6.07, 6.45) is 0. The zero-order chi connectivity index (χ0) is 62.6. The van der Waals surface area contributed by atoms with Crippen molar-refractivity contribution in [1.29, 1.82) is 0 Å². The summed E-state index contributed by atoms with van der Waals surface area (Å²) < 4.78 is 60.2. The third-order valence-corrected chi connectivity index (χ3v) is 18.7. The number of rotatable bonds is 35. The van der Waals surface area contributed by atoms with Crippen LogP contribution in [0.3, 0.4) is 0 Å². The zero-order valence-electron chi connectivity index (χ0n) is 49.4. The van der Waals surface area contributed by atoms with Crippen LogP contribution in [0.4, 0.5) is 0 Å². The molecule has 7 aromatic rings. The number of ether oxygens (including phenoxy) is 11. The maximum atomic E-state index is 12.3. The van der Waals surface area contributed by atoms with E-state index in [1.165, 1.54) is 70.6 Å². The molecule has 7 aromatic carbocycles. The first-order valence-electron chi connectivity index (χ1n) is 27.4. The van der Waals surface area contributed by atoms with E-state index in [1.54, 1.807) is 107 Å². The minimum absolute atomic E-state index is 0. The molecule has 0 spiro atoms. The van der Waals surface area contributed by atoms with Gasteiger partial charge in [0, 0.05) is 58.7 Å². The second-order valence-electron chi connectivity index (χ2n) is 17.5. The van der Waals surface area contributed by atoms with Gasteiger partial charge in [0.25, 0.3) is 0 Å². The fourth-order valence-corrected chi connectivity index (χ4v) is 14.6. The van der Waals surface area contributed by atoms with Crippen molar-refractivity contribution < 1.29 is 116 Å². The predicted molar refractivity (Wildman–Crippen MR) is 331 cm³/mol. The quantitative estimate of drug-likeness (QED) is 0.0205. The van der Waals surface area contributed by atoms with Gasteiger partial charge in [0.05, 0.1) is 39.0 Å². The van der Waals surface area contributed by atoms with Gasteiger partial charge < -0.3 is 62.0 Å². The number of aliphatic carboxylic acids is 1. The number of carbonyl (C=O) groups is 6. The van der Waals surface area contributed by atoms with Crippen LogP contribution < -0.4 is 63.1 Å². The molecular formula is C64H61NaO18S6. The number of carboxylic acid groups (broad SMARTS) is 1. The summed E-state index contributed by atoms with van der Waals surface area (Å²) in [6, 6.07) is 43.7. The zero-order valence-corrected chi connectivity index (χ0v) is 56.3. The first-order chi connectivity index (χ1) is 42.7. The smallest absolute Gasteiger partial charge is 0.546 e. The van der Waals surface area contributed by atoms with Gasteiger partial charge in [-0.25, -0.2) is 24.0 Å². The van der Waals surface area contributed by atoms with E-state index in [0.717, 1.165) is 58.7 Å². The Morgan fingerprint density at radius 1 is 0.270 bits per heavy atom. The van der Waals surface area contributed by atoms with Crippen LogP contribution >= 0.6 is 70.6 Å². The van der Waals surface area contributed by atoms with Gasteiger partial charge in [0.1, 0.15) is 41.1 Å². The molecule has 0 bridgehead atoms. The Labute approximate surface area is 563 Å². The number of carbonyl (C=O) groups excluding carboxylic acids is 6. The summed E-state index contributed by atoms with van der Waals surface area (Å²) in [5.74, 6) is -1.40. The molecule has 0 saturated carbocycles. The molecule has 0 heterocycles. The Hall–Kier alpha value is -6.74. The molecule has 0 aliphatic carbocycles. The van der Waals surface area contributed by atoms with Crippen molar-refractivity contribution in [2.75, 3.05) is 72.7 Å². The normalized spacial score (nSPS) is 10.6. The van der Waals surface area contributed by atoms with Gasteiger partial charge in [0.15, 0.2) is 33.0 Å². The van der Waals surface area contributed by atoms with Gasteiger partial charge in [-0.05, 0) is 180 Å².